The van der Waals surface area contributed by atoms with E-state index in [1.54, 1.807) is 6.07 Å². The zero-order valence-electron chi connectivity index (χ0n) is 8.05. The summed E-state index contributed by atoms with van der Waals surface area (Å²) in [7, 11) is 0. The lowest BCUT2D eigenvalue weighted by Crippen LogP contribution is -2.28. The number of hydrogen-bond acceptors (Lipinski definition) is 3. The molecule has 1 fully saturated rings. The first-order chi connectivity index (χ1) is 6.66. The van der Waals surface area contributed by atoms with Gasteiger partial charge in [0.05, 0.1) is 0 Å². The highest BCUT2D eigenvalue weighted by Crippen LogP contribution is 2.29. The number of nitrogens with one attached hydrogen (secondary N) is 2. The summed E-state index contributed by atoms with van der Waals surface area (Å²) < 4.78 is 0. The van der Waals surface area contributed by atoms with Crippen LogP contribution in [0.1, 0.15) is 24.9 Å². The molecule has 2 unspecified atom stereocenters. The number of hydrazine groups is 1. The third-order valence-corrected chi connectivity index (χ3v) is 2.82. The van der Waals surface area contributed by atoms with E-state index < -0.39 is 0 Å². The zero-order valence-corrected chi connectivity index (χ0v) is 8.81. The van der Waals surface area contributed by atoms with Crippen LogP contribution >= 0.6 is 11.6 Å². The summed E-state index contributed by atoms with van der Waals surface area (Å²) in [4.78, 5) is 0. The minimum atomic E-state index is 0.290. The van der Waals surface area contributed by atoms with Crippen LogP contribution in [0.25, 0.3) is 0 Å². The molecule has 0 amide bonds. The average molecular weight is 212 g/mol. The molecule has 1 aliphatic heterocycles. The second-order valence-corrected chi connectivity index (χ2v) is 4.17. The van der Waals surface area contributed by atoms with Gasteiger partial charge in [0.15, 0.2) is 0 Å². The van der Waals surface area contributed by atoms with E-state index in [4.69, 9.17) is 17.3 Å². The average Bonchev–Trinajstić information content (AvgIpc) is 2.51. The molecule has 2 rings (SSSR count). The lowest BCUT2D eigenvalue weighted by molar-refractivity contribution is 0.560. The number of hydrogen-bond donors (Lipinski definition) is 3. The van der Waals surface area contributed by atoms with Gasteiger partial charge in [0, 0.05) is 22.8 Å². The Morgan fingerprint density at radius 2 is 2.21 bits per heavy atom. The Kier molecular flexibility index (Phi) is 2.63. The number of nitrogens with two attached hydrogens (primary N) is 1. The maximum absolute atomic E-state index is 6.11. The molecule has 0 radical (unpaired) electrons. The van der Waals surface area contributed by atoms with Crippen LogP contribution in [0, 0.1) is 0 Å². The van der Waals surface area contributed by atoms with Crippen LogP contribution in [-0.4, -0.2) is 6.04 Å². The van der Waals surface area contributed by atoms with Gasteiger partial charge < -0.3 is 5.73 Å². The predicted molar refractivity (Wildman–Crippen MR) is 59.0 cm³/mol. The van der Waals surface area contributed by atoms with Crippen LogP contribution in [0.2, 0.25) is 5.02 Å². The van der Waals surface area contributed by atoms with Gasteiger partial charge in [0.25, 0.3) is 0 Å². The van der Waals surface area contributed by atoms with Crippen LogP contribution in [0.15, 0.2) is 18.2 Å². The highest BCUT2D eigenvalue weighted by Gasteiger charge is 2.23. The topological polar surface area (TPSA) is 50.1 Å². The standard InChI is InChI=1S/C10H14ClN3/c1-6-4-10(14-13-6)8-3-2-7(12)5-9(8)11/h2-3,5-6,10,13-14H,4,12H2,1H3. The largest absolute Gasteiger partial charge is 0.399 e. The Labute approximate surface area is 88.6 Å². The van der Waals surface area contributed by atoms with E-state index in [1.807, 2.05) is 12.1 Å². The van der Waals surface area contributed by atoms with E-state index in [0.717, 1.165) is 17.0 Å². The number of benzene rings is 1. The second-order valence-electron chi connectivity index (χ2n) is 3.76. The minimum absolute atomic E-state index is 0.290. The Hall–Kier alpha value is -0.770. The lowest BCUT2D eigenvalue weighted by Gasteiger charge is -2.11. The monoisotopic (exact) mass is 211 g/mol. The molecule has 1 aromatic rings. The SMILES string of the molecule is CC1CC(c2ccc(N)cc2Cl)NN1. The van der Waals surface area contributed by atoms with Crippen LogP contribution < -0.4 is 16.6 Å². The minimum Gasteiger partial charge on any atom is -0.399 e. The number of halogens is 1. The van der Waals surface area contributed by atoms with E-state index in [2.05, 4.69) is 17.8 Å². The van der Waals surface area contributed by atoms with Crippen LogP contribution in [-0.2, 0) is 0 Å². The van der Waals surface area contributed by atoms with Crippen molar-refractivity contribution in [1.82, 2.24) is 10.9 Å². The highest BCUT2D eigenvalue weighted by atomic mass is 35.5. The van der Waals surface area contributed by atoms with Gasteiger partial charge in [-0.15, -0.1) is 0 Å². The van der Waals surface area contributed by atoms with Crippen molar-refractivity contribution in [3.8, 4) is 0 Å². The van der Waals surface area contributed by atoms with E-state index in [9.17, 15) is 0 Å². The van der Waals surface area contributed by atoms with Gasteiger partial charge >= 0.3 is 0 Å². The molecule has 0 saturated carbocycles. The zero-order chi connectivity index (χ0) is 10.1. The van der Waals surface area contributed by atoms with Crippen LogP contribution in [0.4, 0.5) is 5.69 Å². The summed E-state index contributed by atoms with van der Waals surface area (Å²) in [5.74, 6) is 0. The highest BCUT2D eigenvalue weighted by molar-refractivity contribution is 6.31. The quantitative estimate of drug-likeness (QED) is 0.622. The molecule has 1 heterocycles. The molecule has 4 heteroatoms. The molecule has 1 aliphatic rings. The molecule has 0 bridgehead atoms. The molecule has 1 aromatic carbocycles. The van der Waals surface area contributed by atoms with Crippen molar-refractivity contribution in [3.63, 3.8) is 0 Å². The van der Waals surface area contributed by atoms with Gasteiger partial charge in [0.2, 0.25) is 0 Å². The summed E-state index contributed by atoms with van der Waals surface area (Å²) in [6.45, 7) is 2.14. The summed E-state index contributed by atoms with van der Waals surface area (Å²) >= 11 is 6.11. The first-order valence-corrected chi connectivity index (χ1v) is 5.10. The van der Waals surface area contributed by atoms with Gasteiger partial charge in [-0.1, -0.05) is 17.7 Å². The molecule has 2 atom stereocenters. The Bertz CT molecular complexity index is 340. The maximum atomic E-state index is 6.11. The number of nitrogen functional groups attached to an aromatic ring is 1. The van der Waals surface area contributed by atoms with Gasteiger partial charge in [-0.25, -0.2) is 5.43 Å². The first-order valence-electron chi connectivity index (χ1n) is 4.73. The molecule has 0 aromatic heterocycles. The van der Waals surface area contributed by atoms with E-state index in [0.29, 0.717) is 11.7 Å². The fourth-order valence-corrected chi connectivity index (χ4v) is 2.07. The third-order valence-electron chi connectivity index (χ3n) is 2.49. The van der Waals surface area contributed by atoms with Gasteiger partial charge in [0.1, 0.15) is 0 Å². The molecule has 4 N–H and O–H groups in total. The normalized spacial score (nSPS) is 26.7. The predicted octanol–water partition coefficient (Wildman–Crippen LogP) is 1.85. The van der Waals surface area contributed by atoms with Crippen molar-refractivity contribution in [2.24, 2.45) is 0 Å². The van der Waals surface area contributed by atoms with Crippen LogP contribution in [0.5, 0.6) is 0 Å². The molecule has 0 aliphatic carbocycles. The fraction of sp³-hybridized carbons (Fsp3) is 0.400. The fourth-order valence-electron chi connectivity index (χ4n) is 1.74. The molecule has 0 spiro atoms. The smallest absolute Gasteiger partial charge is 0.0492 e. The molecular formula is C10H14ClN3. The molecular weight excluding hydrogens is 198 g/mol. The summed E-state index contributed by atoms with van der Waals surface area (Å²) in [5, 5.41) is 0.735. The third kappa shape index (κ3) is 1.85. The Balaban J connectivity index is 2.24. The van der Waals surface area contributed by atoms with Gasteiger partial charge in [-0.2, -0.15) is 0 Å². The van der Waals surface area contributed by atoms with E-state index in [-0.39, 0.29) is 6.04 Å². The van der Waals surface area contributed by atoms with Crippen molar-refractivity contribution in [3.05, 3.63) is 28.8 Å². The van der Waals surface area contributed by atoms with Crippen molar-refractivity contribution in [2.75, 3.05) is 5.73 Å². The van der Waals surface area contributed by atoms with Gasteiger partial charge in [-0.3, -0.25) is 5.43 Å². The molecule has 14 heavy (non-hydrogen) atoms. The van der Waals surface area contributed by atoms with E-state index >= 15 is 0 Å². The Morgan fingerprint density at radius 1 is 1.43 bits per heavy atom. The number of anilines is 1. The lowest BCUT2D eigenvalue weighted by atomic mass is 10.0. The first kappa shape index (κ1) is 9.77. The van der Waals surface area contributed by atoms with Gasteiger partial charge in [-0.05, 0) is 31.0 Å². The summed E-state index contributed by atoms with van der Waals surface area (Å²) in [6, 6.07) is 6.43. The van der Waals surface area contributed by atoms with Crippen molar-refractivity contribution < 1.29 is 0 Å². The molecule has 76 valence electrons. The molecule has 3 nitrogen and oxygen atoms in total. The summed E-state index contributed by atoms with van der Waals surface area (Å²) in [5.41, 5.74) is 13.8. The van der Waals surface area contributed by atoms with E-state index in [1.165, 1.54) is 0 Å². The number of rotatable bonds is 1. The second kappa shape index (κ2) is 3.77. The summed E-state index contributed by atoms with van der Waals surface area (Å²) in [6.07, 6.45) is 1.05. The molecule has 1 saturated heterocycles. The maximum Gasteiger partial charge on any atom is 0.0492 e. The van der Waals surface area contributed by atoms with Crippen molar-refractivity contribution in [1.29, 1.82) is 0 Å². The van der Waals surface area contributed by atoms with Crippen molar-refractivity contribution >= 4 is 17.3 Å². The van der Waals surface area contributed by atoms with Crippen LogP contribution in [0.3, 0.4) is 0 Å². The Morgan fingerprint density at radius 3 is 2.79 bits per heavy atom. The van der Waals surface area contributed by atoms with Crippen molar-refractivity contribution in [2.45, 2.75) is 25.4 Å².